The van der Waals surface area contributed by atoms with E-state index in [1.54, 1.807) is 4.90 Å². The highest BCUT2D eigenvalue weighted by Gasteiger charge is 2.52. The molecule has 4 aliphatic rings. The van der Waals surface area contributed by atoms with Gasteiger partial charge in [0.1, 0.15) is 41.0 Å². The zero-order valence-electron chi connectivity index (χ0n) is 26.5. The van der Waals surface area contributed by atoms with Gasteiger partial charge in [0.05, 0.1) is 40.6 Å². The van der Waals surface area contributed by atoms with Crippen molar-refractivity contribution in [2.75, 3.05) is 50.5 Å². The van der Waals surface area contributed by atoms with Crippen molar-refractivity contribution in [2.24, 2.45) is 0 Å². The number of ether oxygens (including phenoxy) is 2. The predicted octanol–water partition coefficient (Wildman–Crippen LogP) is 6.25. The van der Waals surface area contributed by atoms with Crippen molar-refractivity contribution < 1.29 is 40.6 Å². The molecule has 0 aliphatic carbocycles. The van der Waals surface area contributed by atoms with Crippen LogP contribution in [0.1, 0.15) is 36.8 Å². The van der Waals surface area contributed by atoms with E-state index in [0.29, 0.717) is 37.3 Å². The van der Waals surface area contributed by atoms with Crippen molar-refractivity contribution >= 4 is 49.2 Å². The summed E-state index contributed by atoms with van der Waals surface area (Å²) >= 11 is 0.676. The Kier molecular flexibility index (Phi) is 7.50. The number of halogens is 6. The van der Waals surface area contributed by atoms with E-state index < -0.39 is 52.3 Å². The van der Waals surface area contributed by atoms with Crippen molar-refractivity contribution in [3.63, 3.8) is 0 Å². The van der Waals surface area contributed by atoms with Crippen LogP contribution in [0.15, 0.2) is 18.2 Å². The van der Waals surface area contributed by atoms with E-state index in [1.807, 2.05) is 11.0 Å². The fourth-order valence-corrected chi connectivity index (χ4v) is 9.27. The Morgan fingerprint density at radius 2 is 2.00 bits per heavy atom. The minimum absolute atomic E-state index is 0.0199. The van der Waals surface area contributed by atoms with Crippen molar-refractivity contribution in [1.82, 2.24) is 19.8 Å². The van der Waals surface area contributed by atoms with Gasteiger partial charge in [0.15, 0.2) is 5.82 Å². The summed E-state index contributed by atoms with van der Waals surface area (Å²) in [5, 5.41) is 9.19. The van der Waals surface area contributed by atoms with Crippen LogP contribution in [-0.4, -0.2) is 89.6 Å². The summed E-state index contributed by atoms with van der Waals surface area (Å²) in [4.78, 5) is 26.4. The van der Waals surface area contributed by atoms with Gasteiger partial charge in [-0.2, -0.15) is 28.4 Å². The topological polar surface area (TPSA) is 121 Å². The molecule has 4 fully saturated rings. The average molecular weight is 718 g/mol. The average Bonchev–Trinajstić information content (AvgIpc) is 3.79. The lowest BCUT2D eigenvalue weighted by Crippen LogP contribution is -2.63. The Bertz CT molecular complexity index is 2120. The zero-order valence-corrected chi connectivity index (χ0v) is 27.3. The van der Waals surface area contributed by atoms with Gasteiger partial charge in [0.25, 0.3) is 0 Å². The summed E-state index contributed by atoms with van der Waals surface area (Å²) in [5.74, 6) is -2.23. The van der Waals surface area contributed by atoms with Crippen LogP contribution in [0, 0.1) is 23.0 Å². The van der Waals surface area contributed by atoms with E-state index >= 15 is 4.39 Å². The highest BCUT2D eigenvalue weighted by Crippen LogP contribution is 2.49. The molecule has 0 spiro atoms. The second-order valence-corrected chi connectivity index (χ2v) is 14.2. The van der Waals surface area contributed by atoms with Gasteiger partial charge < -0.3 is 25.0 Å². The maximum absolute atomic E-state index is 17.1. The number of thiophene rings is 1. The number of carbonyl (C=O) groups excluding carboxylic acids is 1. The lowest BCUT2D eigenvalue weighted by molar-refractivity contribution is -0.137. The van der Waals surface area contributed by atoms with Crippen LogP contribution in [0.5, 0.6) is 6.01 Å². The molecule has 2 N–H and O–H groups in total. The second-order valence-electron chi connectivity index (χ2n) is 13.2. The fourth-order valence-electron chi connectivity index (χ4n) is 8.33. The minimum atomic E-state index is -5.12. The van der Waals surface area contributed by atoms with Gasteiger partial charge in [-0.3, -0.25) is 4.90 Å². The Hall–Kier alpha value is -4.56. The summed E-state index contributed by atoms with van der Waals surface area (Å²) in [6, 6.07) is 3.49. The number of likely N-dealkylation sites (tertiary alicyclic amines) is 1. The van der Waals surface area contributed by atoms with Gasteiger partial charge in [-0.1, -0.05) is 6.07 Å². The third kappa shape index (κ3) is 4.82. The molecule has 2 aromatic carbocycles. The first kappa shape index (κ1) is 32.6. The van der Waals surface area contributed by atoms with Crippen LogP contribution in [0.25, 0.3) is 32.1 Å². The number of anilines is 2. The van der Waals surface area contributed by atoms with Gasteiger partial charge in [-0.15, -0.1) is 11.3 Å². The Balaban J connectivity index is 1.32. The Labute approximate surface area is 285 Å². The zero-order chi connectivity index (χ0) is 35.3. The normalized spacial score (nSPS) is 24.8. The van der Waals surface area contributed by atoms with E-state index in [1.165, 1.54) is 12.0 Å². The SMILES string of the molecule is COC(=O)N1CCC2C1CN2c1nc(OCC23CCCN2CC(F)C3)nc2c(F)c(-c3ccc(F)c4sc(N)c(C#N)c34)c(C(F)(F)F)cc12. The molecule has 10 nitrogen and oxygen atoms in total. The number of amides is 1. The number of aromatic nitrogens is 2. The molecule has 2 aromatic heterocycles. The maximum Gasteiger partial charge on any atom is 0.417 e. The molecule has 8 rings (SSSR count). The van der Waals surface area contributed by atoms with E-state index in [0.717, 1.165) is 24.6 Å². The molecule has 4 saturated heterocycles. The summed E-state index contributed by atoms with van der Waals surface area (Å²) in [5.41, 5.74) is 1.86. The first-order valence-electron chi connectivity index (χ1n) is 16.0. The van der Waals surface area contributed by atoms with Gasteiger partial charge in [0, 0.05) is 42.4 Å². The number of benzene rings is 2. The molecule has 262 valence electrons. The molecule has 0 bridgehead atoms. The summed E-state index contributed by atoms with van der Waals surface area (Å²) in [6.07, 6.45) is -4.54. The monoisotopic (exact) mass is 717 g/mol. The smallest absolute Gasteiger partial charge is 0.417 e. The number of nitriles is 1. The van der Waals surface area contributed by atoms with Crippen LogP contribution >= 0.6 is 11.3 Å². The standard InChI is InChI=1S/C33H29F6N7O3S/c1-48-31(47)45-8-5-21-22(45)13-46(21)29-17-9-19(33(37,38)39)24(16-3-4-20(35)27-23(16)18(11-40)28(41)50-27)25(36)26(17)42-30(43-29)49-14-32-6-2-7-44(32)12-15(34)10-32/h3-4,9,15,21-22H,2,5-8,10,12-14,41H2,1H3. The lowest BCUT2D eigenvalue weighted by Gasteiger charge is -2.47. The van der Waals surface area contributed by atoms with Crippen molar-refractivity contribution in [3.8, 4) is 23.2 Å². The Morgan fingerprint density at radius 1 is 1.20 bits per heavy atom. The predicted molar refractivity (Wildman–Crippen MR) is 172 cm³/mol. The molecular formula is C33H29F6N7O3S. The molecule has 4 unspecified atom stereocenters. The van der Waals surface area contributed by atoms with E-state index in [9.17, 15) is 32.0 Å². The maximum atomic E-state index is 17.1. The molecule has 1 amide bonds. The van der Waals surface area contributed by atoms with Crippen LogP contribution < -0.4 is 15.4 Å². The number of nitrogens with two attached hydrogens (primary N) is 1. The minimum Gasteiger partial charge on any atom is -0.461 e. The summed E-state index contributed by atoms with van der Waals surface area (Å²) in [6.45, 7) is 1.43. The van der Waals surface area contributed by atoms with Crippen LogP contribution in [-0.2, 0) is 10.9 Å². The quantitative estimate of drug-likeness (QED) is 0.239. The highest BCUT2D eigenvalue weighted by molar-refractivity contribution is 7.23. The van der Waals surface area contributed by atoms with Gasteiger partial charge in [-0.05, 0) is 43.5 Å². The molecule has 0 saturated carbocycles. The number of carbonyl (C=O) groups is 1. The third-order valence-electron chi connectivity index (χ3n) is 10.6. The fraction of sp³-hybridized carbons (Fsp3) is 0.455. The molecule has 50 heavy (non-hydrogen) atoms. The molecule has 17 heteroatoms. The summed E-state index contributed by atoms with van der Waals surface area (Å²) < 4.78 is 102. The molecular weight excluding hydrogens is 688 g/mol. The van der Waals surface area contributed by atoms with E-state index in [4.69, 9.17) is 15.2 Å². The van der Waals surface area contributed by atoms with E-state index in [2.05, 4.69) is 9.97 Å². The summed E-state index contributed by atoms with van der Waals surface area (Å²) in [7, 11) is 1.26. The van der Waals surface area contributed by atoms with Crippen molar-refractivity contribution in [3.05, 3.63) is 41.0 Å². The van der Waals surface area contributed by atoms with Gasteiger partial charge in [-0.25, -0.2) is 18.0 Å². The van der Waals surface area contributed by atoms with E-state index in [-0.39, 0.29) is 81.6 Å². The molecule has 4 aromatic rings. The van der Waals surface area contributed by atoms with Crippen LogP contribution in [0.4, 0.5) is 42.0 Å². The first-order chi connectivity index (χ1) is 23.8. The Morgan fingerprint density at radius 3 is 2.74 bits per heavy atom. The number of hydrogen-bond donors (Lipinski definition) is 1. The first-order valence-corrected chi connectivity index (χ1v) is 16.8. The van der Waals surface area contributed by atoms with Gasteiger partial charge in [0.2, 0.25) is 0 Å². The second kappa shape index (κ2) is 11.5. The number of hydrogen-bond acceptors (Lipinski definition) is 10. The van der Waals surface area contributed by atoms with Gasteiger partial charge >= 0.3 is 18.3 Å². The number of methoxy groups -OCH3 is 1. The highest BCUT2D eigenvalue weighted by atomic mass is 32.1. The molecule has 4 aliphatic heterocycles. The third-order valence-corrected chi connectivity index (χ3v) is 11.6. The number of nitrogen functional groups attached to an aromatic ring is 1. The number of rotatable bonds is 5. The largest absolute Gasteiger partial charge is 0.461 e. The molecule has 0 radical (unpaired) electrons. The molecule has 4 atom stereocenters. The number of alkyl halides is 4. The number of fused-ring (bicyclic) bond motifs is 4. The van der Waals surface area contributed by atoms with Crippen molar-refractivity contribution in [2.45, 2.75) is 55.7 Å². The van der Waals surface area contributed by atoms with Crippen LogP contribution in [0.3, 0.4) is 0 Å². The van der Waals surface area contributed by atoms with Crippen molar-refractivity contribution in [1.29, 1.82) is 5.26 Å². The number of nitrogens with zero attached hydrogens (tertiary/aromatic N) is 6. The lowest BCUT2D eigenvalue weighted by atomic mass is 9.91. The van der Waals surface area contributed by atoms with Crippen LogP contribution in [0.2, 0.25) is 0 Å². The molecule has 6 heterocycles.